The van der Waals surface area contributed by atoms with Crippen molar-refractivity contribution >= 4 is 170 Å². The molecule has 2 atom stereocenters. The van der Waals surface area contributed by atoms with E-state index in [0.29, 0.717) is 33.7 Å². The molecule has 2 unspecified atom stereocenters. The first-order valence-corrected chi connectivity index (χ1v) is 20.5. The van der Waals surface area contributed by atoms with E-state index >= 15 is 0 Å². The van der Waals surface area contributed by atoms with E-state index in [-0.39, 0.29) is 24.3 Å². The lowest BCUT2D eigenvalue weighted by Crippen LogP contribution is -2.32. The van der Waals surface area contributed by atoms with Gasteiger partial charge in [0.1, 0.15) is 35.1 Å². The minimum atomic E-state index is -1.02. The van der Waals surface area contributed by atoms with Crippen LogP contribution in [0.4, 0.5) is 0 Å². The van der Waals surface area contributed by atoms with Gasteiger partial charge in [0.2, 0.25) is 0 Å². The highest BCUT2D eigenvalue weighted by Crippen LogP contribution is 2.37. The fraction of sp³-hybridized carbons (Fsp3) is 0.133. The first-order valence-electron chi connectivity index (χ1n) is 12.9. The molecule has 0 fully saturated rings. The van der Waals surface area contributed by atoms with Gasteiger partial charge in [-0.05, 0) is 237 Å². The van der Waals surface area contributed by atoms with Crippen LogP contribution in [0.15, 0.2) is 54.6 Å². The molecule has 10 nitrogen and oxygen atoms in total. The molecule has 0 aliphatic carbocycles. The molecule has 4 aromatic rings. The van der Waals surface area contributed by atoms with Gasteiger partial charge in [-0.15, -0.1) is 0 Å². The van der Waals surface area contributed by atoms with E-state index in [1.165, 1.54) is 0 Å². The molecule has 8 N–H and O–H groups in total. The number of hydrogen-bond donors (Lipinski definition) is 6. The number of carboxylic acid groups (broad SMARTS) is 2. The molecule has 0 spiro atoms. The summed E-state index contributed by atoms with van der Waals surface area (Å²) in [4.78, 5) is 21.8. The predicted octanol–water partition coefficient (Wildman–Crippen LogP) is 8.51. The van der Waals surface area contributed by atoms with E-state index in [1.807, 2.05) is 46.9 Å². The van der Waals surface area contributed by atoms with Crippen LogP contribution >= 0.6 is 158 Å². The third kappa shape index (κ3) is 12.4. The largest absolute Gasteiger partial charge is 0.507 e. The Balaban J connectivity index is 0.000000256. The highest BCUT2D eigenvalue weighted by atomic mass is 127. The Labute approximate surface area is 365 Å². The van der Waals surface area contributed by atoms with E-state index in [4.69, 9.17) is 31.2 Å². The van der Waals surface area contributed by atoms with Gasteiger partial charge in [0, 0.05) is 0 Å². The number of phenols is 2. The molecule has 47 heavy (non-hydrogen) atoms. The molecule has 17 heteroatoms. The Bertz CT molecular complexity index is 1740. The zero-order valence-electron chi connectivity index (χ0n) is 23.5. The Kier molecular flexibility index (Phi) is 16.8. The number of halogens is 7. The maximum absolute atomic E-state index is 10.9. The van der Waals surface area contributed by atoms with Crippen molar-refractivity contribution in [1.29, 1.82) is 0 Å². The van der Waals surface area contributed by atoms with E-state index in [0.717, 1.165) is 25.4 Å². The van der Waals surface area contributed by atoms with Crippen molar-refractivity contribution in [1.82, 2.24) is 0 Å². The normalized spacial score (nSPS) is 12.0. The van der Waals surface area contributed by atoms with Gasteiger partial charge in [-0.1, -0.05) is 0 Å². The second-order valence-electron chi connectivity index (χ2n) is 9.63. The Morgan fingerprint density at radius 2 is 0.936 bits per heavy atom. The summed E-state index contributed by atoms with van der Waals surface area (Å²) in [5, 5.41) is 37.2. The Hall–Kier alpha value is 0.0500. The molecular weight excluding hydrogens is 1400 g/mol. The van der Waals surface area contributed by atoms with Gasteiger partial charge in [-0.25, -0.2) is 0 Å². The zero-order valence-corrected chi connectivity index (χ0v) is 38.6. The number of phenolic OH excluding ortho intramolecular Hbond substituents is 2. The fourth-order valence-electron chi connectivity index (χ4n) is 3.73. The average molecular weight is 1430 g/mol. The number of nitrogens with two attached hydrogens (primary N) is 2. The minimum Gasteiger partial charge on any atom is -0.507 e. The van der Waals surface area contributed by atoms with Crippen LogP contribution in [0.2, 0.25) is 0 Å². The molecule has 0 amide bonds. The van der Waals surface area contributed by atoms with E-state index in [1.54, 1.807) is 30.3 Å². The molecule has 250 valence electrons. The van der Waals surface area contributed by atoms with Crippen LogP contribution < -0.4 is 20.9 Å². The van der Waals surface area contributed by atoms with Gasteiger partial charge in [-0.3, -0.25) is 9.59 Å². The Morgan fingerprint density at radius 3 is 1.30 bits per heavy atom. The van der Waals surface area contributed by atoms with Crippen molar-refractivity contribution < 1.29 is 39.5 Å². The molecule has 0 aromatic heterocycles. The first kappa shape index (κ1) is 41.5. The van der Waals surface area contributed by atoms with Gasteiger partial charge >= 0.3 is 11.9 Å². The number of hydrogen-bond acceptors (Lipinski definition) is 8. The van der Waals surface area contributed by atoms with Crippen molar-refractivity contribution in [2.24, 2.45) is 11.5 Å². The van der Waals surface area contributed by atoms with Crippen LogP contribution in [0.1, 0.15) is 11.1 Å². The number of rotatable bonds is 10. The van der Waals surface area contributed by atoms with Crippen LogP contribution in [0.25, 0.3) is 0 Å². The van der Waals surface area contributed by atoms with E-state index < -0.39 is 24.0 Å². The summed E-state index contributed by atoms with van der Waals surface area (Å²) in [6.07, 6.45) is 0.523. The number of carboxylic acids is 2. The number of aliphatic carboxylic acids is 2. The smallest absolute Gasteiger partial charge is 0.320 e. The molecule has 0 aliphatic rings. The molecule has 0 aliphatic heterocycles. The number of carbonyl (C=O) groups is 2. The van der Waals surface area contributed by atoms with Gasteiger partial charge in [0.25, 0.3) is 0 Å². The lowest BCUT2D eigenvalue weighted by Gasteiger charge is -2.14. The van der Waals surface area contributed by atoms with Crippen LogP contribution in [-0.2, 0) is 22.4 Å². The van der Waals surface area contributed by atoms with E-state index in [9.17, 15) is 19.8 Å². The maximum Gasteiger partial charge on any atom is 0.320 e. The summed E-state index contributed by atoms with van der Waals surface area (Å²) in [5.41, 5.74) is 12.9. The molecule has 0 bridgehead atoms. The molecule has 0 radical (unpaired) electrons. The summed E-state index contributed by atoms with van der Waals surface area (Å²) in [6.45, 7) is 0. The molecule has 0 saturated heterocycles. The second kappa shape index (κ2) is 19.0. The monoisotopic (exact) mass is 1430 g/mol. The standard InChI is InChI=1S/C15H11I4NO4.C15H12I3NO4/c16-8-4-7(5-9(17)13(8)21)24-14-10(18)1-6(2-11(14)19)3-12(20)15(22)23;16-9-6-8(1-2-13(9)20)23-14-10(17)3-7(4-11(14)18)5-12(19)15(21)22/h1-2,4-5,12,21H,3,20H2,(H,22,23);1-4,6,12,20H,5,19H2,(H,21,22). The lowest BCUT2D eigenvalue weighted by molar-refractivity contribution is -0.139. The van der Waals surface area contributed by atoms with Crippen LogP contribution in [-0.4, -0.2) is 44.4 Å². The number of ether oxygens (including phenoxy) is 2. The van der Waals surface area contributed by atoms with Crippen molar-refractivity contribution in [2.75, 3.05) is 0 Å². The average Bonchev–Trinajstić information content (AvgIpc) is 2.97. The van der Waals surface area contributed by atoms with E-state index in [2.05, 4.69) is 136 Å². The number of aromatic hydroxyl groups is 2. The van der Waals surface area contributed by atoms with Crippen LogP contribution in [0.5, 0.6) is 34.5 Å². The maximum atomic E-state index is 10.9. The van der Waals surface area contributed by atoms with Crippen molar-refractivity contribution in [3.8, 4) is 34.5 Å². The summed E-state index contributed by atoms with van der Waals surface area (Å²) in [6, 6.07) is 14.2. The van der Waals surface area contributed by atoms with Crippen molar-refractivity contribution in [2.45, 2.75) is 24.9 Å². The SMILES string of the molecule is NC(Cc1cc(I)c(Oc2cc(I)c(O)c(I)c2)c(I)c1)C(=O)O.NC(Cc1cc(I)c(Oc2ccc(O)c(I)c2)c(I)c1)C(=O)O. The highest BCUT2D eigenvalue weighted by Gasteiger charge is 2.18. The molecule has 4 aromatic carbocycles. The summed E-state index contributed by atoms with van der Waals surface area (Å²) in [7, 11) is 0. The second-order valence-corrected chi connectivity index (χ2v) is 17.8. The fourth-order valence-corrected chi connectivity index (χ4v) is 10.2. The summed E-state index contributed by atoms with van der Waals surface area (Å²) in [5.74, 6) is 1.06. The quantitative estimate of drug-likeness (QED) is 0.0842. The third-order valence-corrected chi connectivity index (χ3v) is 11.7. The van der Waals surface area contributed by atoms with Gasteiger partial charge < -0.3 is 41.4 Å². The molecule has 0 heterocycles. The van der Waals surface area contributed by atoms with Crippen molar-refractivity contribution in [3.05, 3.63) is 90.7 Å². The Morgan fingerprint density at radius 1 is 0.574 bits per heavy atom. The summed E-state index contributed by atoms with van der Waals surface area (Å²) >= 11 is 14.7. The third-order valence-electron chi connectivity index (χ3n) is 6.01. The van der Waals surface area contributed by atoms with Gasteiger partial charge in [-0.2, -0.15) is 0 Å². The molecular formula is C30H23I7N2O8. The highest BCUT2D eigenvalue weighted by molar-refractivity contribution is 14.1. The first-order chi connectivity index (χ1) is 22.0. The summed E-state index contributed by atoms with van der Waals surface area (Å²) < 4.78 is 17.5. The van der Waals surface area contributed by atoms with Gasteiger partial charge in [0.05, 0.1) is 25.0 Å². The minimum absolute atomic E-state index is 0.209. The molecule has 4 rings (SSSR count). The topological polar surface area (TPSA) is 186 Å². The number of benzene rings is 4. The van der Waals surface area contributed by atoms with Gasteiger partial charge in [0.15, 0.2) is 11.5 Å². The van der Waals surface area contributed by atoms with Crippen LogP contribution in [0, 0.1) is 25.0 Å². The zero-order chi connectivity index (χ0) is 35.2. The predicted molar refractivity (Wildman–Crippen MR) is 237 cm³/mol. The van der Waals surface area contributed by atoms with Crippen LogP contribution in [0.3, 0.4) is 0 Å². The molecule has 0 saturated carbocycles. The lowest BCUT2D eigenvalue weighted by atomic mass is 10.1. The van der Waals surface area contributed by atoms with Crippen molar-refractivity contribution in [3.63, 3.8) is 0 Å².